The monoisotopic (exact) mass is 322 g/mol. The van der Waals surface area contributed by atoms with E-state index in [1.165, 1.54) is 6.07 Å². The van der Waals surface area contributed by atoms with E-state index in [-0.39, 0.29) is 4.90 Å². The van der Waals surface area contributed by atoms with Crippen molar-refractivity contribution in [1.29, 1.82) is 0 Å². The van der Waals surface area contributed by atoms with Crippen LogP contribution in [0.2, 0.25) is 0 Å². The average molecular weight is 322 g/mol. The van der Waals surface area contributed by atoms with Crippen LogP contribution in [0.4, 0.5) is 11.4 Å². The minimum Gasteiger partial charge on any atom is -0.399 e. The molecule has 0 unspecified atom stereocenters. The Morgan fingerprint density at radius 3 is 2.57 bits per heavy atom. The molecule has 0 heterocycles. The molecule has 2 aromatic rings. The summed E-state index contributed by atoms with van der Waals surface area (Å²) in [6.45, 7) is 3.81. The maximum Gasteiger partial charge on any atom is 0.261 e. The second-order valence-electron chi connectivity index (χ2n) is 4.55. The number of rotatable bonds is 5. The molecule has 0 aliphatic heterocycles. The van der Waals surface area contributed by atoms with E-state index in [9.17, 15) is 8.42 Å². The molecule has 0 radical (unpaired) electrons. The molecule has 0 aromatic heterocycles. The van der Waals surface area contributed by atoms with Gasteiger partial charge in [-0.2, -0.15) is 0 Å². The molecule has 0 saturated carbocycles. The second kappa shape index (κ2) is 6.41. The van der Waals surface area contributed by atoms with E-state index in [1.807, 2.05) is 25.1 Å². The summed E-state index contributed by atoms with van der Waals surface area (Å²) >= 11 is 1.60. The van der Waals surface area contributed by atoms with Crippen molar-refractivity contribution < 1.29 is 8.42 Å². The summed E-state index contributed by atoms with van der Waals surface area (Å²) in [5.41, 5.74) is 7.65. The first-order valence-electron chi connectivity index (χ1n) is 6.55. The molecule has 6 heteroatoms. The number of sulfonamides is 1. The van der Waals surface area contributed by atoms with Gasteiger partial charge in [0.25, 0.3) is 10.0 Å². The molecule has 0 aliphatic carbocycles. The van der Waals surface area contributed by atoms with Crippen molar-refractivity contribution in [2.45, 2.75) is 23.6 Å². The first kappa shape index (κ1) is 15.7. The third kappa shape index (κ3) is 3.71. The summed E-state index contributed by atoms with van der Waals surface area (Å²) in [5, 5.41) is 0. The largest absolute Gasteiger partial charge is 0.399 e. The van der Waals surface area contributed by atoms with Crippen LogP contribution in [0.3, 0.4) is 0 Å². The van der Waals surface area contributed by atoms with Gasteiger partial charge in [-0.05, 0) is 48.6 Å². The maximum atomic E-state index is 12.5. The number of anilines is 2. The van der Waals surface area contributed by atoms with Gasteiger partial charge in [-0.25, -0.2) is 8.42 Å². The fourth-order valence-electron chi connectivity index (χ4n) is 1.85. The summed E-state index contributed by atoms with van der Waals surface area (Å²) in [5.74, 6) is 0.875. The van der Waals surface area contributed by atoms with Crippen LogP contribution >= 0.6 is 11.8 Å². The fourth-order valence-corrected chi connectivity index (χ4v) is 3.84. The van der Waals surface area contributed by atoms with Crippen LogP contribution in [0.15, 0.2) is 52.3 Å². The zero-order chi connectivity index (χ0) is 15.5. The van der Waals surface area contributed by atoms with Crippen LogP contribution in [0.5, 0.6) is 0 Å². The number of hydrogen-bond donors (Lipinski definition) is 2. The van der Waals surface area contributed by atoms with Crippen molar-refractivity contribution in [3.63, 3.8) is 0 Å². The molecule has 0 amide bonds. The van der Waals surface area contributed by atoms with E-state index < -0.39 is 10.0 Å². The van der Waals surface area contributed by atoms with E-state index in [0.29, 0.717) is 11.4 Å². The Morgan fingerprint density at radius 1 is 1.19 bits per heavy atom. The molecule has 4 nitrogen and oxygen atoms in total. The van der Waals surface area contributed by atoms with E-state index in [4.69, 9.17) is 5.73 Å². The van der Waals surface area contributed by atoms with Crippen LogP contribution in [-0.4, -0.2) is 14.2 Å². The molecule has 0 atom stereocenters. The lowest BCUT2D eigenvalue weighted by Crippen LogP contribution is -2.14. The highest BCUT2D eigenvalue weighted by molar-refractivity contribution is 7.99. The van der Waals surface area contributed by atoms with Gasteiger partial charge < -0.3 is 5.73 Å². The predicted molar refractivity (Wildman–Crippen MR) is 89.2 cm³/mol. The number of benzene rings is 2. The minimum absolute atomic E-state index is 0.213. The highest BCUT2D eigenvalue weighted by Gasteiger charge is 2.16. The van der Waals surface area contributed by atoms with Gasteiger partial charge in [0, 0.05) is 10.6 Å². The van der Waals surface area contributed by atoms with Gasteiger partial charge >= 0.3 is 0 Å². The lowest BCUT2D eigenvalue weighted by Gasteiger charge is -2.12. The number of aryl methyl sites for hydroxylation is 1. The SMILES string of the molecule is CCSc1ccccc1NS(=O)(=O)c1ccc(N)c(C)c1. The summed E-state index contributed by atoms with van der Waals surface area (Å²) in [6, 6.07) is 12.1. The van der Waals surface area contributed by atoms with E-state index in [2.05, 4.69) is 4.72 Å². The average Bonchev–Trinajstić information content (AvgIpc) is 2.44. The maximum absolute atomic E-state index is 12.5. The normalized spacial score (nSPS) is 11.3. The van der Waals surface area contributed by atoms with Gasteiger partial charge in [-0.1, -0.05) is 19.1 Å². The zero-order valence-corrected chi connectivity index (χ0v) is 13.6. The molecule has 3 N–H and O–H groups in total. The van der Waals surface area contributed by atoms with Gasteiger partial charge in [0.1, 0.15) is 0 Å². The van der Waals surface area contributed by atoms with Gasteiger partial charge in [0.15, 0.2) is 0 Å². The molecule has 0 spiro atoms. The smallest absolute Gasteiger partial charge is 0.261 e. The lowest BCUT2D eigenvalue weighted by molar-refractivity contribution is 0.601. The van der Waals surface area contributed by atoms with E-state index >= 15 is 0 Å². The Bertz CT molecular complexity index is 743. The second-order valence-corrected chi connectivity index (χ2v) is 7.54. The zero-order valence-electron chi connectivity index (χ0n) is 12.0. The lowest BCUT2D eigenvalue weighted by atomic mass is 10.2. The molecular weight excluding hydrogens is 304 g/mol. The number of thioether (sulfide) groups is 1. The van der Waals surface area contributed by atoms with Crippen LogP contribution in [0, 0.1) is 6.92 Å². The minimum atomic E-state index is -3.61. The van der Waals surface area contributed by atoms with Crippen LogP contribution in [0.1, 0.15) is 12.5 Å². The molecular formula is C15H18N2O2S2. The quantitative estimate of drug-likeness (QED) is 0.653. The number of hydrogen-bond acceptors (Lipinski definition) is 4. The van der Waals surface area contributed by atoms with Gasteiger partial charge in [0.2, 0.25) is 0 Å². The standard InChI is InChI=1S/C15H18N2O2S2/c1-3-20-15-7-5-4-6-14(15)17-21(18,19)12-8-9-13(16)11(2)10-12/h4-10,17H,3,16H2,1-2H3. The topological polar surface area (TPSA) is 72.2 Å². The van der Waals surface area contributed by atoms with Crippen molar-refractivity contribution >= 4 is 33.2 Å². The Morgan fingerprint density at radius 2 is 1.90 bits per heavy atom. The number of nitrogens with one attached hydrogen (secondary N) is 1. The van der Waals surface area contributed by atoms with E-state index in [1.54, 1.807) is 36.9 Å². The Labute approximate surface area is 129 Å². The van der Waals surface area contributed by atoms with Crippen molar-refractivity contribution in [1.82, 2.24) is 0 Å². The number of nitrogen functional groups attached to an aromatic ring is 1. The molecule has 2 aromatic carbocycles. The van der Waals surface area contributed by atoms with Crippen LogP contribution in [0.25, 0.3) is 0 Å². The third-order valence-corrected chi connectivity index (χ3v) is 5.30. The molecule has 0 aliphatic rings. The van der Waals surface area contributed by atoms with Crippen molar-refractivity contribution in [2.75, 3.05) is 16.2 Å². The number of para-hydroxylation sites is 1. The van der Waals surface area contributed by atoms with Crippen LogP contribution in [-0.2, 0) is 10.0 Å². The molecule has 0 saturated heterocycles. The molecule has 2 rings (SSSR count). The fraction of sp³-hybridized carbons (Fsp3) is 0.200. The van der Waals surface area contributed by atoms with Crippen molar-refractivity contribution in [2.24, 2.45) is 0 Å². The van der Waals surface area contributed by atoms with Gasteiger partial charge in [-0.3, -0.25) is 4.72 Å². The molecule has 21 heavy (non-hydrogen) atoms. The number of nitrogens with two attached hydrogens (primary N) is 1. The Balaban J connectivity index is 2.35. The summed E-state index contributed by atoms with van der Waals surface area (Å²) in [7, 11) is -3.61. The molecule has 112 valence electrons. The highest BCUT2D eigenvalue weighted by Crippen LogP contribution is 2.29. The van der Waals surface area contributed by atoms with E-state index in [0.717, 1.165) is 16.2 Å². The highest BCUT2D eigenvalue weighted by atomic mass is 32.2. The van der Waals surface area contributed by atoms with Crippen molar-refractivity contribution in [3.8, 4) is 0 Å². The Hall–Kier alpha value is -1.66. The Kier molecular flexibility index (Phi) is 4.80. The summed E-state index contributed by atoms with van der Waals surface area (Å²) in [6.07, 6.45) is 0. The van der Waals surface area contributed by atoms with Crippen LogP contribution < -0.4 is 10.5 Å². The first-order chi connectivity index (χ1) is 9.94. The summed E-state index contributed by atoms with van der Waals surface area (Å²) in [4.78, 5) is 1.13. The van der Waals surface area contributed by atoms with Crippen molar-refractivity contribution in [3.05, 3.63) is 48.0 Å². The molecule has 0 fully saturated rings. The summed E-state index contributed by atoms with van der Waals surface area (Å²) < 4.78 is 27.6. The van der Waals surface area contributed by atoms with Gasteiger partial charge in [0.05, 0.1) is 10.6 Å². The first-order valence-corrected chi connectivity index (χ1v) is 9.01. The third-order valence-electron chi connectivity index (χ3n) is 2.98. The van der Waals surface area contributed by atoms with Gasteiger partial charge in [-0.15, -0.1) is 11.8 Å². The predicted octanol–water partition coefficient (Wildman–Crippen LogP) is 3.49. The molecule has 0 bridgehead atoms.